The molecule has 0 saturated heterocycles. The molecule has 0 aliphatic rings. The highest BCUT2D eigenvalue weighted by Gasteiger charge is 2.35. The van der Waals surface area contributed by atoms with Crippen LogP contribution in [0.3, 0.4) is 0 Å². The zero-order valence-corrected chi connectivity index (χ0v) is 14.3. The molecule has 0 heterocycles. The lowest BCUT2D eigenvalue weighted by atomic mass is 9.94. The van der Waals surface area contributed by atoms with Crippen LogP contribution in [-0.2, 0) is 15.2 Å². The minimum absolute atomic E-state index is 0.197. The molecule has 0 bridgehead atoms. The monoisotopic (exact) mass is 331 g/mol. The SMILES string of the molecule is CCO/C(CCl)=N/C(OCC)(c1ccccc1)c1ccccc1. The molecule has 0 saturated carbocycles. The van der Waals surface area contributed by atoms with Crippen LogP contribution in [0.1, 0.15) is 25.0 Å². The fourth-order valence-corrected chi connectivity index (χ4v) is 2.61. The Morgan fingerprint density at radius 1 is 0.913 bits per heavy atom. The summed E-state index contributed by atoms with van der Waals surface area (Å²) < 4.78 is 11.7. The van der Waals surface area contributed by atoms with Gasteiger partial charge in [-0.3, -0.25) is 0 Å². The summed E-state index contributed by atoms with van der Waals surface area (Å²) in [6.45, 7) is 4.89. The Balaban J connectivity index is 2.65. The van der Waals surface area contributed by atoms with Crippen LogP contribution in [0.5, 0.6) is 0 Å². The fraction of sp³-hybridized carbons (Fsp3) is 0.316. The molecule has 0 amide bonds. The summed E-state index contributed by atoms with van der Waals surface area (Å²) in [5.74, 6) is 0.665. The van der Waals surface area contributed by atoms with E-state index in [-0.39, 0.29) is 5.88 Å². The average molecular weight is 332 g/mol. The Bertz CT molecular complexity index is 574. The molecule has 23 heavy (non-hydrogen) atoms. The molecule has 4 heteroatoms. The van der Waals surface area contributed by atoms with Crippen molar-refractivity contribution in [1.29, 1.82) is 0 Å². The lowest BCUT2D eigenvalue weighted by Gasteiger charge is -2.31. The van der Waals surface area contributed by atoms with Crippen molar-refractivity contribution in [3.8, 4) is 0 Å². The number of halogens is 1. The Labute approximate surface area is 142 Å². The number of alkyl halides is 1. The van der Waals surface area contributed by atoms with Gasteiger partial charge >= 0.3 is 0 Å². The first-order valence-corrected chi connectivity index (χ1v) is 8.32. The van der Waals surface area contributed by atoms with Gasteiger partial charge < -0.3 is 9.47 Å². The molecule has 0 aromatic heterocycles. The molecule has 122 valence electrons. The summed E-state index contributed by atoms with van der Waals surface area (Å²) in [5, 5.41) is 0. The van der Waals surface area contributed by atoms with Gasteiger partial charge in [-0.1, -0.05) is 60.7 Å². The van der Waals surface area contributed by atoms with Crippen LogP contribution in [0.25, 0.3) is 0 Å². The maximum atomic E-state index is 6.15. The van der Waals surface area contributed by atoms with E-state index < -0.39 is 5.72 Å². The smallest absolute Gasteiger partial charge is 0.214 e. The highest BCUT2D eigenvalue weighted by molar-refractivity contribution is 6.27. The second-order valence-corrected chi connectivity index (χ2v) is 5.15. The van der Waals surface area contributed by atoms with Crippen LogP contribution < -0.4 is 0 Å². The largest absolute Gasteiger partial charge is 0.480 e. The van der Waals surface area contributed by atoms with Crippen LogP contribution in [0.4, 0.5) is 0 Å². The molecule has 0 spiro atoms. The third kappa shape index (κ3) is 4.12. The Kier molecular flexibility index (Phi) is 6.63. The van der Waals surface area contributed by atoms with Crippen molar-refractivity contribution in [2.75, 3.05) is 19.1 Å². The molecule has 0 aliphatic carbocycles. The van der Waals surface area contributed by atoms with Crippen LogP contribution in [0, 0.1) is 0 Å². The molecule has 0 radical (unpaired) electrons. The minimum Gasteiger partial charge on any atom is -0.480 e. The van der Waals surface area contributed by atoms with Crippen LogP contribution in [-0.4, -0.2) is 25.0 Å². The molecular formula is C19H22ClNO2. The molecule has 0 N–H and O–H groups in total. The molecule has 3 nitrogen and oxygen atoms in total. The second-order valence-electron chi connectivity index (χ2n) is 4.88. The minimum atomic E-state index is -0.962. The fourth-order valence-electron chi connectivity index (χ4n) is 2.47. The lowest BCUT2D eigenvalue weighted by Crippen LogP contribution is -2.31. The van der Waals surface area contributed by atoms with Gasteiger partial charge in [0.05, 0.1) is 12.5 Å². The van der Waals surface area contributed by atoms with Crippen molar-refractivity contribution in [1.82, 2.24) is 0 Å². The third-order valence-electron chi connectivity index (χ3n) is 3.39. The van der Waals surface area contributed by atoms with Gasteiger partial charge in [0.1, 0.15) is 0 Å². The van der Waals surface area contributed by atoms with E-state index in [1.807, 2.05) is 74.5 Å². The summed E-state index contributed by atoms with van der Waals surface area (Å²) in [6, 6.07) is 19.9. The van der Waals surface area contributed by atoms with E-state index in [9.17, 15) is 0 Å². The highest BCUT2D eigenvalue weighted by Crippen LogP contribution is 2.35. The molecule has 0 fully saturated rings. The Hall–Kier alpha value is -1.84. The summed E-state index contributed by atoms with van der Waals surface area (Å²) in [6.07, 6.45) is 0. The van der Waals surface area contributed by atoms with Gasteiger partial charge in [-0.15, -0.1) is 11.6 Å². The molecule has 2 aromatic carbocycles. The van der Waals surface area contributed by atoms with E-state index in [1.54, 1.807) is 0 Å². The van der Waals surface area contributed by atoms with Crippen molar-refractivity contribution in [3.63, 3.8) is 0 Å². The van der Waals surface area contributed by atoms with Gasteiger partial charge in [-0.25, -0.2) is 4.99 Å². The zero-order chi connectivity index (χ0) is 16.5. The normalized spacial score (nSPS) is 12.2. The van der Waals surface area contributed by atoms with Crippen molar-refractivity contribution in [3.05, 3.63) is 71.8 Å². The zero-order valence-electron chi connectivity index (χ0n) is 13.5. The van der Waals surface area contributed by atoms with Crippen molar-refractivity contribution >= 4 is 17.5 Å². The lowest BCUT2D eigenvalue weighted by molar-refractivity contribution is -0.00578. The van der Waals surface area contributed by atoms with Crippen LogP contribution >= 0.6 is 11.6 Å². The molecule has 2 rings (SSSR count). The van der Waals surface area contributed by atoms with Gasteiger partial charge in [0.25, 0.3) is 0 Å². The van der Waals surface area contributed by atoms with E-state index in [2.05, 4.69) is 0 Å². The van der Waals surface area contributed by atoms with Gasteiger partial charge in [-0.2, -0.15) is 0 Å². The Morgan fingerprint density at radius 3 is 1.83 bits per heavy atom. The van der Waals surface area contributed by atoms with Crippen molar-refractivity contribution in [2.24, 2.45) is 4.99 Å². The van der Waals surface area contributed by atoms with E-state index in [0.717, 1.165) is 11.1 Å². The molecule has 0 unspecified atom stereocenters. The van der Waals surface area contributed by atoms with Gasteiger partial charge in [-0.05, 0) is 13.8 Å². The molecular weight excluding hydrogens is 310 g/mol. The quantitative estimate of drug-likeness (QED) is 0.422. The number of ether oxygens (including phenoxy) is 2. The molecule has 2 aromatic rings. The summed E-state index contributed by atoms with van der Waals surface area (Å²) in [4.78, 5) is 4.79. The number of aliphatic imine (C=N–C) groups is 1. The number of hydrogen-bond donors (Lipinski definition) is 0. The summed E-state index contributed by atoms with van der Waals surface area (Å²) >= 11 is 6.02. The van der Waals surface area contributed by atoms with E-state index >= 15 is 0 Å². The highest BCUT2D eigenvalue weighted by atomic mass is 35.5. The number of hydrogen-bond acceptors (Lipinski definition) is 3. The van der Waals surface area contributed by atoms with Gasteiger partial charge in [0.2, 0.25) is 11.6 Å². The summed E-state index contributed by atoms with van der Waals surface area (Å²) in [7, 11) is 0. The maximum absolute atomic E-state index is 6.15. The predicted molar refractivity (Wildman–Crippen MR) is 95.1 cm³/mol. The topological polar surface area (TPSA) is 30.8 Å². The van der Waals surface area contributed by atoms with Crippen molar-refractivity contribution in [2.45, 2.75) is 19.6 Å². The standard InChI is InChI=1S/C19H22ClNO2/c1-3-22-18(15-20)21-19(23-4-2,16-11-7-5-8-12-16)17-13-9-6-10-14-17/h5-14H,3-4,15H2,1-2H3/b21-18+. The third-order valence-corrected chi connectivity index (χ3v) is 3.62. The molecule has 0 atom stereocenters. The van der Waals surface area contributed by atoms with Crippen LogP contribution in [0.2, 0.25) is 0 Å². The van der Waals surface area contributed by atoms with E-state index in [0.29, 0.717) is 19.1 Å². The van der Waals surface area contributed by atoms with Gasteiger partial charge in [0, 0.05) is 17.7 Å². The van der Waals surface area contributed by atoms with Gasteiger partial charge in [0.15, 0.2) is 0 Å². The van der Waals surface area contributed by atoms with Crippen LogP contribution in [0.15, 0.2) is 65.7 Å². The van der Waals surface area contributed by atoms with E-state index in [4.69, 9.17) is 26.1 Å². The van der Waals surface area contributed by atoms with E-state index in [1.165, 1.54) is 0 Å². The first-order chi connectivity index (χ1) is 11.3. The average Bonchev–Trinajstić information content (AvgIpc) is 2.62. The number of nitrogens with zero attached hydrogens (tertiary/aromatic N) is 1. The predicted octanol–water partition coefficient (Wildman–Crippen LogP) is 4.60. The molecule has 0 aliphatic heterocycles. The first kappa shape index (κ1) is 17.5. The number of benzene rings is 2. The second kappa shape index (κ2) is 8.70. The maximum Gasteiger partial charge on any atom is 0.214 e. The Morgan fingerprint density at radius 2 is 1.43 bits per heavy atom. The number of rotatable bonds is 7. The first-order valence-electron chi connectivity index (χ1n) is 7.79. The summed E-state index contributed by atoms with van der Waals surface area (Å²) in [5.41, 5.74) is 0.919. The van der Waals surface area contributed by atoms with Crippen molar-refractivity contribution < 1.29 is 9.47 Å².